The fourth-order valence-corrected chi connectivity index (χ4v) is 5.35. The molecule has 3 aromatic heterocycles. The fourth-order valence-electron chi connectivity index (χ4n) is 3.18. The number of nitrogens with zero attached hydrogens (tertiary/aromatic N) is 5. The van der Waals surface area contributed by atoms with Crippen molar-refractivity contribution in [2.24, 2.45) is 0 Å². The normalized spacial score (nSPS) is 15.6. The number of morpholine rings is 1. The summed E-state index contributed by atoms with van der Waals surface area (Å²) in [7, 11) is 0. The van der Waals surface area contributed by atoms with Crippen LogP contribution in [0.15, 0.2) is 16.2 Å². The van der Waals surface area contributed by atoms with Gasteiger partial charge in [-0.1, -0.05) is 0 Å². The summed E-state index contributed by atoms with van der Waals surface area (Å²) < 4.78 is 5.45. The van der Waals surface area contributed by atoms with Crippen molar-refractivity contribution in [1.29, 1.82) is 0 Å². The number of hydrogen-bond donors (Lipinski definition) is 0. The van der Waals surface area contributed by atoms with Crippen LogP contribution in [0.1, 0.15) is 27.7 Å². The Morgan fingerprint density at radius 2 is 1.74 bits per heavy atom. The molecular weight excluding hydrogens is 378 g/mol. The van der Waals surface area contributed by atoms with Crippen LogP contribution in [0.25, 0.3) is 10.2 Å². The Bertz CT molecular complexity index is 962. The van der Waals surface area contributed by atoms with E-state index in [1.807, 2.05) is 19.9 Å². The number of fused-ring (bicyclic) bond motifs is 1. The summed E-state index contributed by atoms with van der Waals surface area (Å²) >= 11 is 3.28. The van der Waals surface area contributed by atoms with Crippen LogP contribution in [0.3, 0.4) is 0 Å². The van der Waals surface area contributed by atoms with E-state index in [4.69, 9.17) is 14.7 Å². The molecule has 142 valence electrons. The molecule has 0 radical (unpaired) electrons. The molecule has 27 heavy (non-hydrogen) atoms. The van der Waals surface area contributed by atoms with Gasteiger partial charge in [0.25, 0.3) is 0 Å². The van der Waals surface area contributed by atoms with E-state index in [1.165, 1.54) is 22.2 Å². The van der Waals surface area contributed by atoms with Gasteiger partial charge in [0.15, 0.2) is 5.16 Å². The largest absolute Gasteiger partial charge is 0.379 e. The molecule has 1 aliphatic rings. The van der Waals surface area contributed by atoms with Gasteiger partial charge < -0.3 is 4.74 Å². The first-order valence-electron chi connectivity index (χ1n) is 9.06. The molecular formula is C19H23N5OS2. The monoisotopic (exact) mass is 401 g/mol. The lowest BCUT2D eigenvalue weighted by Gasteiger charge is -2.25. The lowest BCUT2D eigenvalue weighted by molar-refractivity contribution is 0.0330. The molecule has 0 bridgehead atoms. The van der Waals surface area contributed by atoms with Crippen molar-refractivity contribution in [2.45, 2.75) is 44.4 Å². The van der Waals surface area contributed by atoms with Crippen LogP contribution >= 0.6 is 23.1 Å². The molecule has 1 aliphatic heterocycles. The minimum Gasteiger partial charge on any atom is -0.379 e. The van der Waals surface area contributed by atoms with Gasteiger partial charge in [-0.15, -0.1) is 11.3 Å². The summed E-state index contributed by atoms with van der Waals surface area (Å²) in [6.07, 6.45) is 0. The molecule has 3 aromatic rings. The van der Waals surface area contributed by atoms with Gasteiger partial charge in [-0.05, 0) is 51.1 Å². The van der Waals surface area contributed by atoms with Crippen molar-refractivity contribution in [3.8, 4) is 0 Å². The number of ether oxygens (including phenoxy) is 1. The Morgan fingerprint density at radius 1 is 1.04 bits per heavy atom. The van der Waals surface area contributed by atoms with Gasteiger partial charge in [-0.3, -0.25) is 4.90 Å². The molecule has 6 nitrogen and oxygen atoms in total. The summed E-state index contributed by atoms with van der Waals surface area (Å²) in [4.78, 5) is 23.6. The van der Waals surface area contributed by atoms with E-state index < -0.39 is 0 Å². The van der Waals surface area contributed by atoms with Crippen LogP contribution in [0.5, 0.6) is 0 Å². The zero-order chi connectivity index (χ0) is 19.0. The second-order valence-corrected chi connectivity index (χ2v) is 8.99. The van der Waals surface area contributed by atoms with E-state index in [-0.39, 0.29) is 0 Å². The predicted octanol–water partition coefficient (Wildman–Crippen LogP) is 3.70. The van der Waals surface area contributed by atoms with E-state index in [1.54, 1.807) is 11.3 Å². The highest BCUT2D eigenvalue weighted by atomic mass is 32.2. The molecule has 0 aromatic carbocycles. The summed E-state index contributed by atoms with van der Waals surface area (Å²) in [6, 6.07) is 1.99. The average Bonchev–Trinajstić information content (AvgIpc) is 2.89. The first-order chi connectivity index (χ1) is 13.0. The van der Waals surface area contributed by atoms with Gasteiger partial charge in [0.05, 0.1) is 19.8 Å². The Morgan fingerprint density at radius 3 is 2.44 bits per heavy atom. The zero-order valence-electron chi connectivity index (χ0n) is 16.1. The molecule has 0 aliphatic carbocycles. The maximum Gasteiger partial charge on any atom is 0.194 e. The van der Waals surface area contributed by atoms with Gasteiger partial charge in [-0.2, -0.15) is 0 Å². The van der Waals surface area contributed by atoms with Crippen molar-refractivity contribution in [1.82, 2.24) is 24.8 Å². The Kier molecular flexibility index (Phi) is 5.41. The first kappa shape index (κ1) is 18.7. The summed E-state index contributed by atoms with van der Waals surface area (Å²) in [5.41, 5.74) is 3.20. The molecule has 0 N–H and O–H groups in total. The second-order valence-electron chi connectivity index (χ2n) is 6.83. The smallest absolute Gasteiger partial charge is 0.194 e. The molecule has 4 rings (SSSR count). The molecule has 1 saturated heterocycles. The van der Waals surface area contributed by atoms with Crippen LogP contribution in [0, 0.1) is 27.7 Å². The molecule has 0 unspecified atom stereocenters. The maximum atomic E-state index is 5.45. The summed E-state index contributed by atoms with van der Waals surface area (Å²) in [6.45, 7) is 12.4. The topological polar surface area (TPSA) is 64.0 Å². The number of aromatic nitrogens is 4. The minimum atomic E-state index is 0.744. The van der Waals surface area contributed by atoms with Crippen LogP contribution in [-0.4, -0.2) is 51.1 Å². The molecule has 1 fully saturated rings. The molecule has 0 saturated carbocycles. The standard InChI is InChI=1S/C19H23N5OS2/c1-11-9-12(2)21-19(20-11)27-18-16-13(3)14(4)26-17(16)22-15(23-18)10-24-5-7-25-8-6-24/h9H,5-8,10H2,1-4H3. The van der Waals surface area contributed by atoms with Crippen molar-refractivity contribution in [2.75, 3.05) is 26.3 Å². The van der Waals surface area contributed by atoms with Gasteiger partial charge in [-0.25, -0.2) is 19.9 Å². The van der Waals surface area contributed by atoms with Crippen molar-refractivity contribution < 1.29 is 4.74 Å². The molecule has 4 heterocycles. The fraction of sp³-hybridized carbons (Fsp3) is 0.474. The van der Waals surface area contributed by atoms with Crippen LogP contribution < -0.4 is 0 Å². The maximum absolute atomic E-state index is 5.45. The third-order valence-corrected chi connectivity index (χ3v) is 6.62. The SMILES string of the molecule is Cc1cc(C)nc(Sc2nc(CN3CCOCC3)nc3sc(C)c(C)c23)n1. The van der Waals surface area contributed by atoms with E-state index in [0.29, 0.717) is 0 Å². The zero-order valence-corrected chi connectivity index (χ0v) is 17.7. The van der Waals surface area contributed by atoms with Gasteiger partial charge in [0.1, 0.15) is 15.7 Å². The predicted molar refractivity (Wildman–Crippen MR) is 109 cm³/mol. The van der Waals surface area contributed by atoms with Crippen molar-refractivity contribution in [3.05, 3.63) is 33.7 Å². The minimum absolute atomic E-state index is 0.744. The van der Waals surface area contributed by atoms with Crippen LogP contribution in [-0.2, 0) is 11.3 Å². The summed E-state index contributed by atoms with van der Waals surface area (Å²) in [5, 5.41) is 2.83. The van der Waals surface area contributed by atoms with Crippen LogP contribution in [0.4, 0.5) is 0 Å². The third kappa shape index (κ3) is 4.13. The van der Waals surface area contributed by atoms with Crippen LogP contribution in [0.2, 0.25) is 0 Å². The Labute approximate surface area is 167 Å². The average molecular weight is 402 g/mol. The molecule has 0 amide bonds. The van der Waals surface area contributed by atoms with Gasteiger partial charge >= 0.3 is 0 Å². The Hall–Kier alpha value is -1.61. The Balaban J connectivity index is 1.74. The lowest BCUT2D eigenvalue weighted by atomic mass is 10.2. The van der Waals surface area contributed by atoms with E-state index in [0.717, 1.165) is 70.5 Å². The molecule has 0 spiro atoms. The van der Waals surface area contributed by atoms with Gasteiger partial charge in [0, 0.05) is 34.7 Å². The molecule has 0 atom stereocenters. The van der Waals surface area contributed by atoms with E-state index >= 15 is 0 Å². The number of thiophene rings is 1. The third-order valence-electron chi connectivity index (χ3n) is 4.66. The summed E-state index contributed by atoms with van der Waals surface area (Å²) in [5.74, 6) is 0.859. The van der Waals surface area contributed by atoms with Crippen molar-refractivity contribution in [3.63, 3.8) is 0 Å². The quantitative estimate of drug-likeness (QED) is 0.488. The first-order valence-corrected chi connectivity index (χ1v) is 10.7. The van der Waals surface area contributed by atoms with E-state index in [9.17, 15) is 0 Å². The highest BCUT2D eigenvalue weighted by Crippen LogP contribution is 2.37. The lowest BCUT2D eigenvalue weighted by Crippen LogP contribution is -2.36. The second kappa shape index (κ2) is 7.79. The molecule has 8 heteroatoms. The van der Waals surface area contributed by atoms with Gasteiger partial charge in [0.2, 0.25) is 0 Å². The van der Waals surface area contributed by atoms with E-state index in [2.05, 4.69) is 28.7 Å². The van der Waals surface area contributed by atoms with Crippen molar-refractivity contribution >= 4 is 33.3 Å². The number of rotatable bonds is 4. The number of hydrogen-bond acceptors (Lipinski definition) is 8. The highest BCUT2D eigenvalue weighted by Gasteiger charge is 2.19. The highest BCUT2D eigenvalue weighted by molar-refractivity contribution is 7.99. The number of aryl methyl sites for hydroxylation is 4.